The third-order valence-corrected chi connectivity index (χ3v) is 3.38. The Morgan fingerprint density at radius 1 is 1.57 bits per heavy atom. The maximum Gasteiger partial charge on any atom is 0.149 e. The van der Waals surface area contributed by atoms with E-state index in [1.165, 1.54) is 12.7 Å². The maximum atomic E-state index is 11.1. The van der Waals surface area contributed by atoms with Gasteiger partial charge >= 0.3 is 0 Å². The fraction of sp³-hybridized carbons (Fsp3) is 0.778. The zero-order chi connectivity index (χ0) is 10.6. The first-order valence-electron chi connectivity index (χ1n) is 4.86. The Kier molecular flexibility index (Phi) is 4.10. The summed E-state index contributed by atoms with van der Waals surface area (Å²) in [6.07, 6.45) is 7.68. The molecule has 0 radical (unpaired) electrons. The van der Waals surface area contributed by atoms with Gasteiger partial charge in [-0.1, -0.05) is 11.6 Å². The highest BCUT2D eigenvalue weighted by Gasteiger charge is 2.19. The third kappa shape index (κ3) is 3.77. The van der Waals surface area contributed by atoms with Crippen LogP contribution in [-0.2, 0) is 9.84 Å². The minimum atomic E-state index is -2.97. The molecule has 82 valence electrons. The van der Waals surface area contributed by atoms with Crippen molar-refractivity contribution in [2.24, 2.45) is 5.84 Å². The van der Waals surface area contributed by atoms with E-state index < -0.39 is 9.84 Å². The Morgan fingerprint density at radius 2 is 2.29 bits per heavy atom. The largest absolute Gasteiger partial charge is 0.271 e. The van der Waals surface area contributed by atoms with Gasteiger partial charge in [-0.15, -0.1) is 0 Å². The van der Waals surface area contributed by atoms with Gasteiger partial charge in [-0.3, -0.25) is 11.3 Å². The lowest BCUT2D eigenvalue weighted by Gasteiger charge is -2.21. The molecule has 0 spiro atoms. The van der Waals surface area contributed by atoms with Crippen molar-refractivity contribution < 1.29 is 8.42 Å². The van der Waals surface area contributed by atoms with Gasteiger partial charge in [-0.25, -0.2) is 8.42 Å². The molecule has 0 aromatic heterocycles. The number of rotatable bonds is 4. The second-order valence-electron chi connectivity index (χ2n) is 3.84. The molecule has 1 aliphatic rings. The van der Waals surface area contributed by atoms with Crippen LogP contribution in [0.3, 0.4) is 0 Å². The highest BCUT2D eigenvalue weighted by atomic mass is 32.2. The van der Waals surface area contributed by atoms with E-state index in [1.807, 2.05) is 0 Å². The van der Waals surface area contributed by atoms with E-state index in [0.29, 0.717) is 0 Å². The molecule has 1 atom stereocenters. The molecule has 0 aliphatic heterocycles. The third-order valence-electron chi connectivity index (χ3n) is 2.44. The van der Waals surface area contributed by atoms with E-state index in [9.17, 15) is 8.42 Å². The topological polar surface area (TPSA) is 72.2 Å². The predicted molar refractivity (Wildman–Crippen MR) is 57.4 cm³/mol. The average molecular weight is 218 g/mol. The highest BCUT2D eigenvalue weighted by molar-refractivity contribution is 7.90. The van der Waals surface area contributed by atoms with E-state index in [-0.39, 0.29) is 11.8 Å². The predicted octanol–water partition coefficient (Wildman–Crippen LogP) is 0.363. The molecule has 0 aromatic rings. The van der Waals surface area contributed by atoms with E-state index in [2.05, 4.69) is 11.5 Å². The molecule has 0 amide bonds. The van der Waals surface area contributed by atoms with Crippen molar-refractivity contribution >= 4 is 9.84 Å². The van der Waals surface area contributed by atoms with E-state index in [0.717, 1.165) is 24.8 Å². The molecule has 0 heterocycles. The standard InChI is InChI=1S/C9H18N2O2S/c1-14(12,13)7-9(11-10)8-5-3-2-4-6-8/h5,9,11H,2-4,6-7,10H2,1H3. The number of nitrogens with one attached hydrogen (secondary N) is 1. The summed E-state index contributed by atoms with van der Waals surface area (Å²) >= 11 is 0. The monoisotopic (exact) mass is 218 g/mol. The van der Waals surface area contributed by atoms with Crippen LogP contribution in [0.15, 0.2) is 11.6 Å². The fourth-order valence-electron chi connectivity index (χ4n) is 1.74. The summed E-state index contributed by atoms with van der Waals surface area (Å²) in [6.45, 7) is 0. The quantitative estimate of drug-likeness (QED) is 0.406. The van der Waals surface area contributed by atoms with Crippen molar-refractivity contribution in [3.05, 3.63) is 11.6 Å². The summed E-state index contributed by atoms with van der Waals surface area (Å²) in [4.78, 5) is 0. The van der Waals surface area contributed by atoms with Gasteiger partial charge in [0.05, 0.1) is 11.8 Å². The van der Waals surface area contributed by atoms with Crippen LogP contribution in [0.25, 0.3) is 0 Å². The number of hydrogen-bond acceptors (Lipinski definition) is 4. The van der Waals surface area contributed by atoms with Crippen LogP contribution in [0.5, 0.6) is 0 Å². The second-order valence-corrected chi connectivity index (χ2v) is 6.02. The van der Waals surface area contributed by atoms with Crippen molar-refractivity contribution in [2.75, 3.05) is 12.0 Å². The molecule has 4 nitrogen and oxygen atoms in total. The average Bonchev–Trinajstić information content (AvgIpc) is 2.14. The van der Waals surface area contributed by atoms with Crippen LogP contribution in [-0.4, -0.2) is 26.5 Å². The number of nitrogens with two attached hydrogens (primary N) is 1. The van der Waals surface area contributed by atoms with Crippen molar-refractivity contribution in [1.82, 2.24) is 5.43 Å². The number of allylic oxidation sites excluding steroid dienone is 1. The minimum absolute atomic E-state index is 0.0926. The Bertz CT molecular complexity index is 309. The lowest BCUT2D eigenvalue weighted by molar-refractivity contribution is 0.556. The van der Waals surface area contributed by atoms with Gasteiger partial charge in [0, 0.05) is 6.26 Å². The smallest absolute Gasteiger partial charge is 0.149 e. The van der Waals surface area contributed by atoms with Crippen LogP contribution in [0.4, 0.5) is 0 Å². The summed E-state index contributed by atoms with van der Waals surface area (Å²) in [6, 6.07) is -0.203. The molecule has 1 unspecified atom stereocenters. The molecule has 5 heteroatoms. The lowest BCUT2D eigenvalue weighted by atomic mass is 9.95. The molecular weight excluding hydrogens is 200 g/mol. The first-order chi connectivity index (χ1) is 6.53. The van der Waals surface area contributed by atoms with E-state index >= 15 is 0 Å². The van der Waals surface area contributed by atoms with Gasteiger partial charge in [-0.05, 0) is 25.7 Å². The van der Waals surface area contributed by atoms with Crippen LogP contribution >= 0.6 is 0 Å². The Hall–Kier alpha value is -0.390. The zero-order valence-electron chi connectivity index (χ0n) is 8.49. The summed E-state index contributed by atoms with van der Waals surface area (Å²) in [5, 5.41) is 0. The zero-order valence-corrected chi connectivity index (χ0v) is 9.31. The van der Waals surface area contributed by atoms with Crippen LogP contribution in [0.2, 0.25) is 0 Å². The van der Waals surface area contributed by atoms with Crippen molar-refractivity contribution in [3.8, 4) is 0 Å². The minimum Gasteiger partial charge on any atom is -0.271 e. The highest BCUT2D eigenvalue weighted by Crippen LogP contribution is 2.20. The first-order valence-corrected chi connectivity index (χ1v) is 6.92. The molecule has 1 rings (SSSR count). The van der Waals surface area contributed by atoms with Crippen LogP contribution in [0.1, 0.15) is 25.7 Å². The van der Waals surface area contributed by atoms with Crippen molar-refractivity contribution in [2.45, 2.75) is 31.7 Å². The van der Waals surface area contributed by atoms with Crippen LogP contribution in [0, 0.1) is 0 Å². The van der Waals surface area contributed by atoms with Gasteiger partial charge in [0.1, 0.15) is 9.84 Å². The van der Waals surface area contributed by atoms with Crippen molar-refractivity contribution in [3.63, 3.8) is 0 Å². The van der Waals surface area contributed by atoms with Gasteiger partial charge in [0.15, 0.2) is 0 Å². The van der Waals surface area contributed by atoms with Crippen LogP contribution < -0.4 is 11.3 Å². The second kappa shape index (κ2) is 4.91. The van der Waals surface area contributed by atoms with Gasteiger partial charge in [0.2, 0.25) is 0 Å². The first kappa shape index (κ1) is 11.7. The molecule has 3 N–H and O–H groups in total. The molecule has 0 bridgehead atoms. The summed E-state index contributed by atoms with van der Waals surface area (Å²) in [7, 11) is -2.97. The SMILES string of the molecule is CS(=O)(=O)CC(NN)C1=CCCCC1. The molecular formula is C9H18N2O2S. The molecule has 0 fully saturated rings. The maximum absolute atomic E-state index is 11.1. The van der Waals surface area contributed by atoms with Gasteiger partial charge in [0.25, 0.3) is 0 Å². The fourth-order valence-corrected chi connectivity index (χ4v) is 2.66. The van der Waals surface area contributed by atoms with E-state index in [4.69, 9.17) is 5.84 Å². The Balaban J connectivity index is 2.66. The van der Waals surface area contributed by atoms with Crippen molar-refractivity contribution in [1.29, 1.82) is 0 Å². The molecule has 14 heavy (non-hydrogen) atoms. The molecule has 1 aliphatic carbocycles. The summed E-state index contributed by atoms with van der Waals surface area (Å²) in [5.41, 5.74) is 3.72. The number of hydrazine groups is 1. The number of hydrogen-bond donors (Lipinski definition) is 2. The van der Waals surface area contributed by atoms with E-state index in [1.54, 1.807) is 0 Å². The number of sulfone groups is 1. The normalized spacial score (nSPS) is 20.3. The Labute approximate surface area is 85.4 Å². The molecule has 0 saturated carbocycles. The summed E-state index contributed by atoms with van der Waals surface area (Å²) < 4.78 is 22.2. The molecule has 0 saturated heterocycles. The molecule has 0 aromatic carbocycles. The lowest BCUT2D eigenvalue weighted by Crippen LogP contribution is -2.41. The van der Waals surface area contributed by atoms with Gasteiger partial charge < -0.3 is 0 Å². The van der Waals surface area contributed by atoms with Gasteiger partial charge in [-0.2, -0.15) is 0 Å². The summed E-state index contributed by atoms with van der Waals surface area (Å²) in [5.74, 6) is 5.45. The Morgan fingerprint density at radius 3 is 2.71 bits per heavy atom.